The predicted molar refractivity (Wildman–Crippen MR) is 57.9 cm³/mol. The summed E-state index contributed by atoms with van der Waals surface area (Å²) in [4.78, 5) is 9.84. The summed E-state index contributed by atoms with van der Waals surface area (Å²) < 4.78 is 244. The van der Waals surface area contributed by atoms with Gasteiger partial charge in [0.2, 0.25) is 0 Å². The Morgan fingerprint density at radius 1 is 0.469 bits per heavy atom. The van der Waals surface area contributed by atoms with Crippen molar-refractivity contribution >= 4 is 5.97 Å². The van der Waals surface area contributed by atoms with E-state index in [-0.39, 0.29) is 0 Å². The fourth-order valence-electron chi connectivity index (χ4n) is 1.71. The Morgan fingerprint density at radius 3 is 0.969 bits per heavy atom. The number of carboxylic acids is 1. The third kappa shape index (κ3) is 3.87. The van der Waals surface area contributed by atoms with Crippen LogP contribution in [0.1, 0.15) is 6.42 Å². The number of alkyl halides is 19. The molecule has 0 aliphatic rings. The molecule has 0 radical (unpaired) electrons. The second-order valence-electron chi connectivity index (χ2n) is 5.82. The van der Waals surface area contributed by atoms with Crippen molar-refractivity contribution in [2.24, 2.45) is 0 Å². The van der Waals surface area contributed by atoms with Gasteiger partial charge in [0.15, 0.2) is 0 Å². The van der Waals surface area contributed by atoms with E-state index >= 15 is 0 Å². The van der Waals surface area contributed by atoms with Crippen LogP contribution in [0.3, 0.4) is 0 Å². The first kappa shape index (κ1) is 30.1. The van der Waals surface area contributed by atoms with Crippen LogP contribution in [0.4, 0.5) is 83.4 Å². The highest BCUT2D eigenvalue weighted by molar-refractivity contribution is 5.77. The molecular weight excluding hydrogens is 525 g/mol. The van der Waals surface area contributed by atoms with E-state index in [0.29, 0.717) is 0 Å². The molecule has 0 aromatic rings. The molecule has 32 heavy (non-hydrogen) atoms. The Hall–Kier alpha value is -1.86. The second-order valence-corrected chi connectivity index (χ2v) is 5.82. The zero-order valence-electron chi connectivity index (χ0n) is 13.7. The molecule has 0 aromatic heterocycles. The van der Waals surface area contributed by atoms with Gasteiger partial charge in [-0.2, -0.15) is 83.4 Å². The molecule has 0 bridgehead atoms. The number of aliphatic carboxylic acids is 1. The summed E-state index contributed by atoms with van der Waals surface area (Å²) in [7, 11) is 0. The van der Waals surface area contributed by atoms with Crippen molar-refractivity contribution in [1.29, 1.82) is 0 Å². The van der Waals surface area contributed by atoms with Gasteiger partial charge in [-0.3, -0.25) is 0 Å². The number of halogens is 19. The van der Waals surface area contributed by atoms with Crippen LogP contribution < -0.4 is 0 Å². The lowest BCUT2D eigenvalue weighted by atomic mass is 9.87. The van der Waals surface area contributed by atoms with Crippen molar-refractivity contribution in [1.82, 2.24) is 0 Å². The van der Waals surface area contributed by atoms with E-state index < -0.39 is 65.9 Å². The van der Waals surface area contributed by atoms with Gasteiger partial charge in [-0.15, -0.1) is 0 Å². The Labute approximate surface area is 160 Å². The Balaban J connectivity index is 6.84. The summed E-state index contributed by atoms with van der Waals surface area (Å²) in [5.41, 5.74) is 0. The molecule has 0 saturated carbocycles. The molecule has 0 amide bonds. The largest absolute Gasteiger partial charge is 0.477 e. The van der Waals surface area contributed by atoms with Crippen molar-refractivity contribution in [2.45, 2.75) is 60.0 Å². The van der Waals surface area contributed by atoms with Gasteiger partial charge < -0.3 is 5.11 Å². The summed E-state index contributed by atoms with van der Waals surface area (Å²) in [5, 5.41) is 7.64. The number of carboxylic acid groups (broad SMARTS) is 1. The van der Waals surface area contributed by atoms with Crippen LogP contribution in [0.15, 0.2) is 0 Å². The fraction of sp³-hybridized carbons (Fsp3) is 0.909. The van der Waals surface area contributed by atoms with Gasteiger partial charge in [0.1, 0.15) is 6.42 Å². The molecule has 0 unspecified atom stereocenters. The molecule has 0 saturated heterocycles. The zero-order chi connectivity index (χ0) is 26.8. The second kappa shape index (κ2) is 7.32. The zero-order valence-corrected chi connectivity index (χ0v) is 13.7. The quantitative estimate of drug-likeness (QED) is 0.367. The van der Waals surface area contributed by atoms with E-state index in [9.17, 15) is 88.2 Å². The van der Waals surface area contributed by atoms with E-state index in [2.05, 4.69) is 0 Å². The highest BCUT2D eigenvalue weighted by atomic mass is 19.4. The van der Waals surface area contributed by atoms with Crippen LogP contribution in [0.5, 0.6) is 0 Å². The van der Waals surface area contributed by atoms with Gasteiger partial charge in [-0.25, -0.2) is 4.79 Å². The molecule has 1 N–H and O–H groups in total. The molecule has 0 aliphatic carbocycles. The lowest BCUT2D eigenvalue weighted by molar-refractivity contribution is -0.453. The van der Waals surface area contributed by atoms with Crippen LogP contribution in [0.25, 0.3) is 0 Å². The fourth-order valence-corrected chi connectivity index (χ4v) is 1.71. The SMILES string of the molecule is O=C(O)C(F)(F)C(F)(F)C(F)(F)C(F)(F)C(F)(F)C(F)(F)C(F)(F)C(F)(F)CC(F)(F)F. The number of hydrogen-bond donors (Lipinski definition) is 1. The van der Waals surface area contributed by atoms with Crippen molar-refractivity contribution in [3.05, 3.63) is 0 Å². The molecule has 192 valence electrons. The molecule has 0 rings (SSSR count). The van der Waals surface area contributed by atoms with Crippen LogP contribution in [0, 0.1) is 0 Å². The maximum atomic E-state index is 13.3. The van der Waals surface area contributed by atoms with E-state index in [0.717, 1.165) is 0 Å². The first-order valence-corrected chi connectivity index (χ1v) is 6.73. The smallest absolute Gasteiger partial charge is 0.410 e. The number of carbonyl (C=O) groups is 1. The van der Waals surface area contributed by atoms with Crippen molar-refractivity contribution in [2.75, 3.05) is 0 Å². The summed E-state index contributed by atoms with van der Waals surface area (Å²) in [6, 6.07) is 0. The topological polar surface area (TPSA) is 37.3 Å². The molecule has 0 fully saturated rings. The number of rotatable bonds is 9. The predicted octanol–water partition coefficient (Wildman–Crippen LogP) is 6.11. The molecule has 2 nitrogen and oxygen atoms in total. The molecule has 0 aliphatic heterocycles. The Morgan fingerprint density at radius 2 is 0.719 bits per heavy atom. The van der Waals surface area contributed by atoms with Gasteiger partial charge in [-0.05, 0) is 0 Å². The summed E-state index contributed by atoms with van der Waals surface area (Å²) in [5.74, 6) is -71.3. The van der Waals surface area contributed by atoms with Gasteiger partial charge in [0.25, 0.3) is 0 Å². The Kier molecular flexibility index (Phi) is 6.90. The van der Waals surface area contributed by atoms with Crippen molar-refractivity contribution < 1.29 is 93.3 Å². The average molecular weight is 528 g/mol. The van der Waals surface area contributed by atoms with Crippen LogP contribution in [-0.2, 0) is 4.79 Å². The molecule has 0 atom stereocenters. The van der Waals surface area contributed by atoms with E-state index in [1.807, 2.05) is 0 Å². The third-order valence-electron chi connectivity index (χ3n) is 3.52. The maximum absolute atomic E-state index is 13.3. The van der Waals surface area contributed by atoms with Gasteiger partial charge in [-0.1, -0.05) is 0 Å². The number of hydrogen-bond acceptors (Lipinski definition) is 1. The van der Waals surface area contributed by atoms with E-state index in [1.54, 1.807) is 0 Å². The van der Waals surface area contributed by atoms with Crippen LogP contribution in [0.2, 0.25) is 0 Å². The minimum atomic E-state index is -8.92. The molecule has 0 heterocycles. The normalized spacial score (nSPS) is 16.3. The lowest BCUT2D eigenvalue weighted by Crippen LogP contribution is -2.75. The minimum absolute atomic E-state index is 4.45. The van der Waals surface area contributed by atoms with E-state index in [1.165, 1.54) is 0 Å². The van der Waals surface area contributed by atoms with Crippen molar-refractivity contribution in [3.63, 3.8) is 0 Å². The summed E-state index contributed by atoms with van der Waals surface area (Å²) in [6.45, 7) is 0. The van der Waals surface area contributed by atoms with Gasteiger partial charge in [0, 0.05) is 0 Å². The molecule has 21 heteroatoms. The van der Waals surface area contributed by atoms with Gasteiger partial charge in [0.05, 0.1) is 0 Å². The average Bonchev–Trinajstić information content (AvgIpc) is 2.50. The first-order chi connectivity index (χ1) is 13.4. The molecule has 0 aromatic carbocycles. The van der Waals surface area contributed by atoms with Crippen molar-refractivity contribution in [3.8, 4) is 0 Å². The molecular formula is C11H3F19O2. The molecule has 0 spiro atoms. The van der Waals surface area contributed by atoms with E-state index in [4.69, 9.17) is 5.11 Å². The minimum Gasteiger partial charge on any atom is -0.477 e. The summed E-state index contributed by atoms with van der Waals surface area (Å²) in [6.07, 6.45) is -11.1. The Bertz CT molecular complexity index is 717. The van der Waals surface area contributed by atoms with Crippen LogP contribution >= 0.6 is 0 Å². The maximum Gasteiger partial charge on any atom is 0.410 e. The highest BCUT2D eigenvalue weighted by Crippen LogP contribution is 2.64. The summed E-state index contributed by atoms with van der Waals surface area (Å²) >= 11 is 0. The third-order valence-corrected chi connectivity index (χ3v) is 3.52. The van der Waals surface area contributed by atoms with Gasteiger partial charge >= 0.3 is 59.5 Å². The van der Waals surface area contributed by atoms with Crippen LogP contribution in [-0.4, -0.2) is 64.6 Å². The first-order valence-electron chi connectivity index (χ1n) is 6.73. The monoisotopic (exact) mass is 528 g/mol. The lowest BCUT2D eigenvalue weighted by Gasteiger charge is -2.43. The standard InChI is InChI=1S/C11H3F19O2/c12-3(13,1-4(14,15)16)6(19,20)8(23,24)10(27,28)11(29,30)9(25,26)7(21,22)5(17,18)2(31)32/h1H2,(H,31,32). The highest BCUT2D eigenvalue weighted by Gasteiger charge is 2.95.